The van der Waals surface area contributed by atoms with E-state index in [1.165, 1.54) is 13.8 Å². The number of nitrogens with one attached hydrogen (secondary N) is 3. The average Bonchev–Trinajstić information content (AvgIpc) is 3.61. The third-order valence-corrected chi connectivity index (χ3v) is 12.2. The minimum absolute atomic E-state index is 0. The monoisotopic (exact) mass is 1220 g/mol. The smallest absolute Gasteiger partial charge is 0.476 e. The van der Waals surface area contributed by atoms with Crippen LogP contribution < -0.4 is 31.2 Å². The Morgan fingerprint density at radius 2 is 0.833 bits per heavy atom. The zero-order valence-electron chi connectivity index (χ0n) is 46.5. The van der Waals surface area contributed by atoms with Crippen LogP contribution in [0.3, 0.4) is 0 Å². The summed E-state index contributed by atoms with van der Waals surface area (Å²) in [4.78, 5) is 74.5. The molecule has 18 nitrogen and oxygen atoms in total. The molecule has 6 rings (SSSR count). The van der Waals surface area contributed by atoms with Crippen LogP contribution in [-0.4, -0.2) is 93.1 Å². The van der Waals surface area contributed by atoms with Gasteiger partial charge in [0.1, 0.15) is 23.7 Å². The number of halogens is 3. The van der Waals surface area contributed by atoms with Gasteiger partial charge in [-0.1, -0.05) is 123 Å². The summed E-state index contributed by atoms with van der Waals surface area (Å²) in [6.07, 6.45) is -4.46. The highest BCUT2D eigenvalue weighted by atomic mass is 35.5. The fourth-order valence-corrected chi connectivity index (χ4v) is 7.61. The maximum Gasteiger partial charge on any atom is 0.512 e. The van der Waals surface area contributed by atoms with Gasteiger partial charge in [-0.05, 0) is 143 Å². The van der Waals surface area contributed by atoms with Crippen LogP contribution in [0.2, 0.25) is 10.0 Å². The van der Waals surface area contributed by atoms with E-state index in [1.54, 1.807) is 132 Å². The summed E-state index contributed by atoms with van der Waals surface area (Å²) in [6, 6.07) is 45.8. The van der Waals surface area contributed by atoms with Crippen LogP contribution in [-0.2, 0) is 50.9 Å². The SMILES string of the molecule is C.C.CC(OC(=O)OC(CN)c1ccccc1)OC(=O)C(C)(C)Oc1ccc(CCNC(=O)c2ccc(Cl)cc2)cc1.CNCC(OC(=O)OC(C)OC(=O)C(C)(C)Oc1ccc(CCNC(=O)c2ccc(Cl)cc2)cc1)c1ccccc1.Cl. The lowest BCUT2D eigenvalue weighted by atomic mass is 10.1. The van der Waals surface area contributed by atoms with Crippen molar-refractivity contribution in [3.05, 3.63) is 201 Å². The van der Waals surface area contributed by atoms with Gasteiger partial charge < -0.3 is 59.6 Å². The van der Waals surface area contributed by atoms with Gasteiger partial charge in [0.15, 0.2) is 11.2 Å². The Bertz CT molecular complexity index is 2960. The zero-order chi connectivity index (χ0) is 59.0. The van der Waals surface area contributed by atoms with Crippen molar-refractivity contribution in [2.75, 3.05) is 33.2 Å². The topological polar surface area (TPSA) is 238 Å². The number of carbonyl (C=O) groups is 6. The van der Waals surface area contributed by atoms with Crippen LogP contribution in [0.5, 0.6) is 11.5 Å². The largest absolute Gasteiger partial charge is 0.512 e. The quantitative estimate of drug-likeness (QED) is 0.0237. The molecular formula is C63H77Cl3N4O14. The lowest BCUT2D eigenvalue weighted by molar-refractivity contribution is -0.184. The number of esters is 2. The van der Waals surface area contributed by atoms with Gasteiger partial charge in [0.25, 0.3) is 11.8 Å². The fourth-order valence-electron chi connectivity index (χ4n) is 7.36. The van der Waals surface area contributed by atoms with Crippen molar-refractivity contribution in [1.29, 1.82) is 0 Å². The van der Waals surface area contributed by atoms with Crippen molar-refractivity contribution in [3.63, 3.8) is 0 Å². The van der Waals surface area contributed by atoms with Crippen LogP contribution in [0.25, 0.3) is 0 Å². The lowest BCUT2D eigenvalue weighted by Crippen LogP contribution is -2.42. The first-order valence-electron chi connectivity index (χ1n) is 25.9. The Hall–Kier alpha value is -7.87. The third-order valence-electron chi connectivity index (χ3n) is 11.7. The second-order valence-corrected chi connectivity index (χ2v) is 19.9. The molecule has 5 N–H and O–H groups in total. The molecule has 4 unspecified atom stereocenters. The Morgan fingerprint density at radius 3 is 1.18 bits per heavy atom. The van der Waals surface area contributed by atoms with E-state index >= 15 is 0 Å². The molecule has 21 heteroatoms. The van der Waals surface area contributed by atoms with Crippen molar-refractivity contribution in [1.82, 2.24) is 16.0 Å². The molecule has 454 valence electrons. The summed E-state index contributed by atoms with van der Waals surface area (Å²) in [5.41, 5.74) is 7.50. The Balaban J connectivity index is 0.000000554. The molecule has 0 radical (unpaired) electrons. The van der Waals surface area contributed by atoms with Gasteiger partial charge in [-0.2, -0.15) is 0 Å². The molecule has 4 atom stereocenters. The summed E-state index contributed by atoms with van der Waals surface area (Å²) in [5.74, 6) is -0.924. The van der Waals surface area contributed by atoms with Gasteiger partial charge in [-0.25, -0.2) is 19.2 Å². The number of rotatable bonds is 25. The summed E-state index contributed by atoms with van der Waals surface area (Å²) >= 11 is 11.7. The molecule has 0 saturated carbocycles. The van der Waals surface area contributed by atoms with Crippen molar-refractivity contribution >= 4 is 71.7 Å². The predicted octanol–water partition coefficient (Wildman–Crippen LogP) is 12.4. The highest BCUT2D eigenvalue weighted by molar-refractivity contribution is 6.31. The minimum atomic E-state index is -1.38. The summed E-state index contributed by atoms with van der Waals surface area (Å²) < 4.78 is 43.1. The summed E-state index contributed by atoms with van der Waals surface area (Å²) in [5, 5.41) is 9.84. The Kier molecular flexibility index (Phi) is 30.9. The Morgan fingerprint density at radius 1 is 0.488 bits per heavy atom. The van der Waals surface area contributed by atoms with Crippen LogP contribution in [0.4, 0.5) is 9.59 Å². The van der Waals surface area contributed by atoms with Crippen molar-refractivity contribution < 1.29 is 66.7 Å². The van der Waals surface area contributed by atoms with E-state index < -0.39 is 60.2 Å². The molecule has 0 spiro atoms. The van der Waals surface area contributed by atoms with Crippen molar-refractivity contribution in [2.45, 2.75) is 105 Å². The van der Waals surface area contributed by atoms with Gasteiger partial charge in [0.2, 0.25) is 12.6 Å². The van der Waals surface area contributed by atoms with Crippen LogP contribution in [0, 0.1) is 0 Å². The molecule has 6 aromatic carbocycles. The van der Waals surface area contributed by atoms with E-state index in [0.717, 1.165) is 22.3 Å². The molecule has 2 amide bonds. The van der Waals surface area contributed by atoms with Gasteiger partial charge in [-0.3, -0.25) is 9.59 Å². The van der Waals surface area contributed by atoms with Gasteiger partial charge in [0, 0.05) is 61.2 Å². The fraction of sp³-hybridized carbons (Fsp3) is 0.333. The van der Waals surface area contributed by atoms with Gasteiger partial charge in [0.05, 0.1) is 0 Å². The van der Waals surface area contributed by atoms with Gasteiger partial charge >= 0.3 is 24.2 Å². The lowest BCUT2D eigenvalue weighted by Gasteiger charge is -2.26. The number of nitrogens with two attached hydrogens (primary N) is 1. The number of likely N-dealkylation sites (N-methyl/N-ethyl adjacent to an activating group) is 1. The average molecular weight is 1220 g/mol. The summed E-state index contributed by atoms with van der Waals surface area (Å²) in [7, 11) is 1.74. The number of carbonyl (C=O) groups excluding carboxylic acids is 6. The number of hydrogen-bond acceptors (Lipinski definition) is 16. The molecule has 0 aliphatic heterocycles. The second kappa shape index (κ2) is 36.0. The minimum Gasteiger partial charge on any atom is -0.476 e. The maximum absolute atomic E-state index is 12.8. The number of benzene rings is 6. The molecule has 0 aliphatic carbocycles. The second-order valence-electron chi connectivity index (χ2n) is 19.0. The van der Waals surface area contributed by atoms with E-state index in [1.807, 2.05) is 60.7 Å². The number of ether oxygens (including phenoxy) is 8. The summed E-state index contributed by atoms with van der Waals surface area (Å²) in [6.45, 7) is 10.3. The van der Waals surface area contributed by atoms with Crippen LogP contribution in [0.1, 0.15) is 112 Å². The molecule has 84 heavy (non-hydrogen) atoms. The first-order valence-corrected chi connectivity index (χ1v) is 26.6. The number of amides is 2. The molecule has 0 aromatic heterocycles. The van der Waals surface area contributed by atoms with E-state index in [4.69, 9.17) is 66.8 Å². The normalized spacial score (nSPS) is 12.1. The van der Waals surface area contributed by atoms with E-state index in [2.05, 4.69) is 16.0 Å². The maximum atomic E-state index is 12.8. The molecule has 0 heterocycles. The standard InChI is InChI=1S/C31H35ClN2O7.C30H33ClN2O7.2CH4.ClH/c1-21(39-30(37)40-27(20-33-4)23-8-6-5-7-9-23)38-29(36)31(2,3)41-26-16-10-22(11-17-26)18-19-34-28(35)24-12-14-25(32)15-13-24;1-20(38-29(36)39-26(19-32)22-7-5-4-6-8-22)37-28(35)30(2,3)40-25-15-9-21(10-16-25)17-18-33-27(34)23-11-13-24(31)14-12-23;;;/h5-17,21,27,33H,18-20H2,1-4H3,(H,34,35);4-16,20,26H,17-19,32H2,1-3H3,(H,33,34);2*1H4;1H. The first kappa shape index (κ1) is 72.2. The van der Waals surface area contributed by atoms with E-state index in [0.29, 0.717) is 65.1 Å². The first-order chi connectivity index (χ1) is 38.6. The van der Waals surface area contributed by atoms with Gasteiger partial charge in [-0.15, -0.1) is 12.4 Å². The Labute approximate surface area is 508 Å². The predicted molar refractivity (Wildman–Crippen MR) is 326 cm³/mol. The van der Waals surface area contributed by atoms with Crippen LogP contribution in [0.15, 0.2) is 158 Å². The molecule has 0 saturated heterocycles. The molecule has 6 aromatic rings. The van der Waals surface area contributed by atoms with Crippen molar-refractivity contribution in [3.8, 4) is 11.5 Å². The van der Waals surface area contributed by atoms with Crippen LogP contribution >= 0.6 is 35.6 Å². The van der Waals surface area contributed by atoms with E-state index in [-0.39, 0.29) is 45.6 Å². The van der Waals surface area contributed by atoms with E-state index in [9.17, 15) is 28.8 Å². The van der Waals surface area contributed by atoms with Crippen molar-refractivity contribution in [2.24, 2.45) is 5.73 Å². The zero-order valence-corrected chi connectivity index (χ0v) is 48.8. The number of hydrogen-bond donors (Lipinski definition) is 4. The highest BCUT2D eigenvalue weighted by Gasteiger charge is 2.36. The molecule has 0 bridgehead atoms. The molecule has 0 aliphatic rings. The molecule has 0 fully saturated rings. The third kappa shape index (κ3) is 24.5. The molecular weight excluding hydrogens is 1140 g/mol. The highest BCUT2D eigenvalue weighted by Crippen LogP contribution is 2.25.